The van der Waals surface area contributed by atoms with Crippen LogP contribution in [0.2, 0.25) is 0 Å². The zero-order valence-electron chi connectivity index (χ0n) is 13.8. The number of amides is 2. The van der Waals surface area contributed by atoms with Crippen LogP contribution in [0.15, 0.2) is 35.0 Å². The monoisotopic (exact) mass is 438 g/mol. The quantitative estimate of drug-likeness (QED) is 0.525. The molecule has 2 aromatic rings. The summed E-state index contributed by atoms with van der Waals surface area (Å²) in [6, 6.07) is 3.16. The molecule has 1 N–H and O–H groups in total. The molecule has 0 aliphatic carbocycles. The van der Waals surface area contributed by atoms with Gasteiger partial charge in [-0.15, -0.1) is 28.2 Å². The molecule has 2 amide bonds. The van der Waals surface area contributed by atoms with Crippen LogP contribution in [0.25, 0.3) is 0 Å². The van der Waals surface area contributed by atoms with E-state index in [2.05, 4.69) is 27.5 Å². The molecule has 0 saturated carbocycles. The molecule has 11 heteroatoms. The van der Waals surface area contributed by atoms with Crippen molar-refractivity contribution in [1.29, 1.82) is 0 Å². The fraction of sp³-hybridized carbons (Fsp3) is 0.312. The van der Waals surface area contributed by atoms with Crippen LogP contribution in [-0.2, 0) is 27.2 Å². The average Bonchev–Trinajstić information content (AvgIpc) is 3.33. The first-order valence-corrected chi connectivity index (χ1v) is 11.2. The van der Waals surface area contributed by atoms with Gasteiger partial charge < -0.3 is 5.32 Å². The van der Waals surface area contributed by atoms with Gasteiger partial charge in [0.05, 0.1) is 18.3 Å². The number of fused-ring (bicyclic) bond motifs is 1. The summed E-state index contributed by atoms with van der Waals surface area (Å²) >= 11 is 8.27. The summed E-state index contributed by atoms with van der Waals surface area (Å²) in [5.41, 5.74) is 1.16. The number of carbonyl (C=O) groups excluding carboxylic acids is 3. The molecule has 0 aromatic carbocycles. The van der Waals surface area contributed by atoms with E-state index in [0.29, 0.717) is 17.9 Å². The van der Waals surface area contributed by atoms with Crippen molar-refractivity contribution in [3.63, 3.8) is 0 Å². The number of nitrogens with zero attached hydrogens (tertiary/aromatic N) is 3. The highest BCUT2D eigenvalue weighted by Crippen LogP contribution is 2.41. The van der Waals surface area contributed by atoms with Crippen LogP contribution in [0.4, 0.5) is 0 Å². The second kappa shape index (κ2) is 7.74. The molecule has 0 spiro atoms. The van der Waals surface area contributed by atoms with Crippen LogP contribution in [-0.4, -0.2) is 48.6 Å². The van der Waals surface area contributed by atoms with Crippen molar-refractivity contribution in [1.82, 2.24) is 19.8 Å². The van der Waals surface area contributed by atoms with Gasteiger partial charge in [-0.3, -0.25) is 19.3 Å². The van der Waals surface area contributed by atoms with Gasteiger partial charge in [0.1, 0.15) is 11.4 Å². The number of nitrogens with one attached hydrogen (secondary N) is 1. The predicted octanol–water partition coefficient (Wildman–Crippen LogP) is 1.50. The Morgan fingerprint density at radius 1 is 1.37 bits per heavy atom. The fourth-order valence-electron chi connectivity index (χ4n) is 3.09. The molecule has 140 valence electrons. The lowest BCUT2D eigenvalue weighted by atomic mass is 10.0. The Morgan fingerprint density at radius 3 is 2.89 bits per heavy atom. The summed E-state index contributed by atoms with van der Waals surface area (Å²) in [7, 11) is 0. The second-order valence-electron chi connectivity index (χ2n) is 6.03. The second-order valence-corrected chi connectivity index (χ2v) is 9.44. The lowest BCUT2D eigenvalue weighted by molar-refractivity contribution is -0.146. The third-order valence-electron chi connectivity index (χ3n) is 4.28. The molecule has 27 heavy (non-hydrogen) atoms. The predicted molar refractivity (Wildman–Crippen MR) is 108 cm³/mol. The number of β-lactam (4-membered cyclic amide) rings is 1. The van der Waals surface area contributed by atoms with E-state index in [1.165, 1.54) is 39.5 Å². The van der Waals surface area contributed by atoms with E-state index in [1.807, 2.05) is 17.5 Å². The number of aromatic nitrogens is 2. The van der Waals surface area contributed by atoms with Crippen LogP contribution in [0, 0.1) is 0 Å². The van der Waals surface area contributed by atoms with Crippen molar-refractivity contribution in [3.8, 4) is 0 Å². The van der Waals surface area contributed by atoms with E-state index in [0.717, 1.165) is 15.3 Å². The third kappa shape index (κ3) is 3.68. The summed E-state index contributed by atoms with van der Waals surface area (Å²) in [6.07, 6.45) is 2.41. The highest BCUT2D eigenvalue weighted by Gasteiger charge is 2.53. The van der Waals surface area contributed by atoms with Crippen LogP contribution in [0.5, 0.6) is 0 Å². The summed E-state index contributed by atoms with van der Waals surface area (Å²) in [6.45, 7) is 0. The molecular weight excluding hydrogens is 424 g/mol. The minimum atomic E-state index is -0.614. The Balaban J connectivity index is 1.48. The average molecular weight is 439 g/mol. The maximum atomic E-state index is 12.7. The molecular formula is C16H14N4O3S4. The number of thiophene rings is 1. The van der Waals surface area contributed by atoms with Crippen molar-refractivity contribution in [3.05, 3.63) is 44.7 Å². The van der Waals surface area contributed by atoms with Crippen molar-refractivity contribution in [2.24, 2.45) is 0 Å². The molecule has 0 unspecified atom stereocenters. The molecule has 1 fully saturated rings. The van der Waals surface area contributed by atoms with E-state index in [-0.39, 0.29) is 23.6 Å². The van der Waals surface area contributed by atoms with Crippen molar-refractivity contribution >= 4 is 64.2 Å². The molecule has 0 radical (unpaired) electrons. The highest BCUT2D eigenvalue weighted by molar-refractivity contribution is 8.00. The lowest BCUT2D eigenvalue weighted by Gasteiger charge is -2.49. The van der Waals surface area contributed by atoms with Gasteiger partial charge in [0.15, 0.2) is 0 Å². The number of thiol groups is 1. The Bertz CT molecular complexity index is 910. The molecule has 2 aliphatic rings. The van der Waals surface area contributed by atoms with Crippen LogP contribution in [0.1, 0.15) is 9.75 Å². The summed E-state index contributed by atoms with van der Waals surface area (Å²) in [5, 5.41) is 7.80. The maximum absolute atomic E-state index is 12.7. The highest BCUT2D eigenvalue weighted by atomic mass is 32.2. The lowest BCUT2D eigenvalue weighted by Crippen LogP contribution is -2.70. The van der Waals surface area contributed by atoms with E-state index in [9.17, 15) is 14.4 Å². The Kier molecular flexibility index (Phi) is 5.35. The molecule has 2 aliphatic heterocycles. The van der Waals surface area contributed by atoms with E-state index < -0.39 is 11.2 Å². The number of hydrogen-bond donors (Lipinski definition) is 2. The molecule has 2 aromatic heterocycles. The van der Waals surface area contributed by atoms with Gasteiger partial charge in [0.25, 0.3) is 5.91 Å². The maximum Gasteiger partial charge on any atom is 0.253 e. The Hall–Kier alpha value is -1.69. The van der Waals surface area contributed by atoms with Gasteiger partial charge >= 0.3 is 0 Å². The largest absolute Gasteiger partial charge is 0.341 e. The summed E-state index contributed by atoms with van der Waals surface area (Å²) in [5.74, 6) is 0.120. The van der Waals surface area contributed by atoms with Gasteiger partial charge in [-0.05, 0) is 28.6 Å². The molecule has 4 heterocycles. The summed E-state index contributed by atoms with van der Waals surface area (Å²) < 4.78 is 3.83. The first-order chi connectivity index (χ1) is 13.0. The van der Waals surface area contributed by atoms with Gasteiger partial charge in [0, 0.05) is 21.9 Å². The molecule has 4 rings (SSSR count). The van der Waals surface area contributed by atoms with Crippen molar-refractivity contribution in [2.45, 2.75) is 24.3 Å². The van der Waals surface area contributed by atoms with Gasteiger partial charge in [-0.25, -0.2) is 0 Å². The number of rotatable bonds is 6. The van der Waals surface area contributed by atoms with Gasteiger partial charge in [-0.1, -0.05) is 23.2 Å². The van der Waals surface area contributed by atoms with Crippen LogP contribution in [0.3, 0.4) is 0 Å². The summed E-state index contributed by atoms with van der Waals surface area (Å²) in [4.78, 5) is 40.3. The normalized spacial score (nSPS) is 21.7. The first-order valence-electron chi connectivity index (χ1n) is 8.02. The SMILES string of the molecule is O=C(Cc1cccs1)N[C@@H]1C(=O)N2C(C(=O)S)=C(Cc3cnns3)CS[C@H]12. The molecule has 0 bridgehead atoms. The number of thioether (sulfide) groups is 1. The van der Waals surface area contributed by atoms with E-state index in [4.69, 9.17) is 0 Å². The smallest absolute Gasteiger partial charge is 0.253 e. The zero-order chi connectivity index (χ0) is 19.0. The standard InChI is InChI=1S/C16H14N4O3S4/c21-11(5-9-2-1-3-25-9)18-12-14(22)20-13(16(23)24)8(7-26-15(12)20)4-10-6-17-19-27-10/h1-3,6,12,15H,4-5,7H2,(H,18,21)(H,23,24)/t12-,15-/m1/s1. The van der Waals surface area contributed by atoms with E-state index >= 15 is 0 Å². The first kappa shape index (κ1) is 18.7. The van der Waals surface area contributed by atoms with Crippen molar-refractivity contribution < 1.29 is 14.4 Å². The third-order valence-corrected chi connectivity index (χ3v) is 7.36. The molecule has 1 saturated heterocycles. The minimum Gasteiger partial charge on any atom is -0.341 e. The van der Waals surface area contributed by atoms with Crippen molar-refractivity contribution in [2.75, 3.05) is 5.75 Å². The number of hydrogen-bond acceptors (Lipinski definition) is 8. The molecule has 2 atom stereocenters. The number of carbonyl (C=O) groups is 3. The van der Waals surface area contributed by atoms with Crippen LogP contribution < -0.4 is 5.32 Å². The topological polar surface area (TPSA) is 92.3 Å². The fourth-order valence-corrected chi connectivity index (χ4v) is 5.94. The molecule has 7 nitrogen and oxygen atoms in total. The van der Waals surface area contributed by atoms with Gasteiger partial charge in [0.2, 0.25) is 11.0 Å². The minimum absolute atomic E-state index is 0.194. The Labute approximate surface area is 172 Å². The zero-order valence-corrected chi connectivity index (χ0v) is 17.2. The van der Waals surface area contributed by atoms with Crippen LogP contribution >= 0.6 is 47.3 Å². The van der Waals surface area contributed by atoms with E-state index in [1.54, 1.807) is 6.20 Å². The van der Waals surface area contributed by atoms with Gasteiger partial charge in [-0.2, -0.15) is 0 Å². The Morgan fingerprint density at radius 2 is 2.22 bits per heavy atom.